The molecule has 0 saturated heterocycles. The van der Waals surface area contributed by atoms with Crippen molar-refractivity contribution >= 4 is 26.4 Å². The van der Waals surface area contributed by atoms with E-state index in [-0.39, 0.29) is 10.3 Å². The molecule has 2 aromatic rings. The molecule has 0 saturated carbocycles. The van der Waals surface area contributed by atoms with Crippen molar-refractivity contribution < 1.29 is 13.3 Å². The number of pyridine rings is 1. The molecule has 0 aliphatic carbocycles. The van der Waals surface area contributed by atoms with Crippen molar-refractivity contribution in [3.8, 4) is 0 Å². The van der Waals surface area contributed by atoms with Gasteiger partial charge in [-0.25, -0.2) is 8.42 Å². The predicted octanol–water partition coefficient (Wildman–Crippen LogP) is 2.06. The Labute approximate surface area is 103 Å². The van der Waals surface area contributed by atoms with Gasteiger partial charge in [0, 0.05) is 11.6 Å². The molecule has 0 spiro atoms. The van der Waals surface area contributed by atoms with Crippen molar-refractivity contribution in [2.24, 2.45) is 0 Å². The lowest BCUT2D eigenvalue weighted by Gasteiger charge is -2.04. The maximum Gasteiger partial charge on any atom is 0.297 e. The Morgan fingerprint density at radius 3 is 2.67 bits per heavy atom. The molecule has 0 unspecified atom stereocenters. The number of nitro benzene ring substituents is 1. The van der Waals surface area contributed by atoms with Crippen molar-refractivity contribution in [1.82, 2.24) is 4.98 Å². The number of fused-ring (bicyclic) bond motifs is 1. The molecular formula is C11H8N2O4S. The molecule has 1 aromatic carbocycles. The van der Waals surface area contributed by atoms with E-state index in [4.69, 9.17) is 0 Å². The van der Waals surface area contributed by atoms with Gasteiger partial charge in [-0.1, -0.05) is 6.58 Å². The molecule has 1 heterocycles. The zero-order valence-corrected chi connectivity index (χ0v) is 9.92. The largest absolute Gasteiger partial charge is 0.297 e. The molecule has 6 nitrogen and oxygen atoms in total. The fraction of sp³-hybridized carbons (Fsp3) is 0. The first-order chi connectivity index (χ1) is 8.47. The van der Waals surface area contributed by atoms with Crippen LogP contribution in [0.5, 0.6) is 0 Å². The first-order valence-corrected chi connectivity index (χ1v) is 6.41. The number of aromatic nitrogens is 1. The zero-order valence-electron chi connectivity index (χ0n) is 9.11. The molecule has 0 atom stereocenters. The Morgan fingerprint density at radius 2 is 2.06 bits per heavy atom. The number of benzene rings is 1. The van der Waals surface area contributed by atoms with E-state index in [1.165, 1.54) is 30.5 Å². The van der Waals surface area contributed by atoms with Crippen molar-refractivity contribution in [2.45, 2.75) is 4.90 Å². The van der Waals surface area contributed by atoms with Crippen LogP contribution in [0.1, 0.15) is 0 Å². The topological polar surface area (TPSA) is 90.2 Å². The van der Waals surface area contributed by atoms with Crippen LogP contribution in [0.3, 0.4) is 0 Å². The van der Waals surface area contributed by atoms with Gasteiger partial charge in [-0.2, -0.15) is 0 Å². The molecule has 0 amide bonds. The van der Waals surface area contributed by atoms with Crippen LogP contribution in [0, 0.1) is 10.1 Å². The standard InChI is InChI=1S/C11H8N2O4S/c1-2-18(16,17)10-6-5-9-8(4-3-7-12-9)11(10)13(14)15/h2-7H,1H2. The van der Waals surface area contributed by atoms with Gasteiger partial charge < -0.3 is 0 Å². The Morgan fingerprint density at radius 1 is 1.33 bits per heavy atom. The summed E-state index contributed by atoms with van der Waals surface area (Å²) in [6, 6.07) is 5.57. The van der Waals surface area contributed by atoms with Gasteiger partial charge in [-0.05, 0) is 24.3 Å². The fourth-order valence-electron chi connectivity index (χ4n) is 1.62. The Balaban J connectivity index is 2.97. The molecule has 0 aliphatic rings. The Hall–Kier alpha value is -2.28. The van der Waals surface area contributed by atoms with Gasteiger partial charge >= 0.3 is 0 Å². The quantitative estimate of drug-likeness (QED) is 0.625. The highest BCUT2D eigenvalue weighted by molar-refractivity contribution is 7.94. The summed E-state index contributed by atoms with van der Waals surface area (Å²) in [5, 5.41) is 12.0. The van der Waals surface area contributed by atoms with Crippen LogP contribution in [0.15, 0.2) is 47.3 Å². The van der Waals surface area contributed by atoms with Crippen LogP contribution >= 0.6 is 0 Å². The van der Waals surface area contributed by atoms with E-state index in [1.807, 2.05) is 0 Å². The average Bonchev–Trinajstić information content (AvgIpc) is 2.37. The number of nitro groups is 1. The van der Waals surface area contributed by atoms with E-state index < -0.39 is 20.4 Å². The van der Waals surface area contributed by atoms with Crippen LogP contribution in [0.2, 0.25) is 0 Å². The highest BCUT2D eigenvalue weighted by Crippen LogP contribution is 2.32. The third kappa shape index (κ3) is 1.84. The minimum Gasteiger partial charge on any atom is -0.258 e. The minimum absolute atomic E-state index is 0.186. The van der Waals surface area contributed by atoms with Crippen molar-refractivity contribution in [3.63, 3.8) is 0 Å². The second-order valence-corrected chi connectivity index (χ2v) is 5.31. The number of nitrogens with zero attached hydrogens (tertiary/aromatic N) is 2. The summed E-state index contributed by atoms with van der Waals surface area (Å²) in [7, 11) is -3.87. The van der Waals surface area contributed by atoms with Crippen molar-refractivity contribution in [2.75, 3.05) is 0 Å². The number of hydrogen-bond acceptors (Lipinski definition) is 5. The van der Waals surface area contributed by atoms with Gasteiger partial charge in [0.15, 0.2) is 0 Å². The van der Waals surface area contributed by atoms with Crippen LogP contribution in [-0.4, -0.2) is 18.3 Å². The number of rotatable bonds is 3. The first kappa shape index (κ1) is 12.2. The van der Waals surface area contributed by atoms with Gasteiger partial charge in [-0.3, -0.25) is 15.1 Å². The number of sulfone groups is 1. The second-order valence-electron chi connectivity index (χ2n) is 3.45. The molecule has 1 aromatic heterocycles. The van der Waals surface area contributed by atoms with Crippen LogP contribution in [0.25, 0.3) is 10.9 Å². The molecule has 0 aliphatic heterocycles. The summed E-state index contributed by atoms with van der Waals surface area (Å²) in [6.45, 7) is 3.16. The van der Waals surface area contributed by atoms with E-state index in [0.717, 1.165) is 0 Å². The lowest BCUT2D eigenvalue weighted by molar-refractivity contribution is -0.386. The normalized spacial score (nSPS) is 11.3. The van der Waals surface area contributed by atoms with Crippen molar-refractivity contribution in [3.05, 3.63) is 52.6 Å². The van der Waals surface area contributed by atoms with Crippen LogP contribution in [0.4, 0.5) is 5.69 Å². The molecule has 0 fully saturated rings. The molecule has 2 rings (SSSR count). The Kier molecular flexibility index (Phi) is 2.84. The molecule has 0 bridgehead atoms. The minimum atomic E-state index is -3.87. The molecule has 18 heavy (non-hydrogen) atoms. The zero-order chi connectivity index (χ0) is 13.3. The highest BCUT2D eigenvalue weighted by atomic mass is 32.2. The maximum atomic E-state index is 11.7. The summed E-state index contributed by atoms with van der Waals surface area (Å²) in [6.07, 6.45) is 1.48. The van der Waals surface area contributed by atoms with E-state index in [1.54, 1.807) is 0 Å². The molecule has 0 radical (unpaired) electrons. The summed E-state index contributed by atoms with van der Waals surface area (Å²) in [4.78, 5) is 13.9. The highest BCUT2D eigenvalue weighted by Gasteiger charge is 2.26. The van der Waals surface area contributed by atoms with E-state index in [9.17, 15) is 18.5 Å². The van der Waals surface area contributed by atoms with Crippen LogP contribution in [-0.2, 0) is 9.84 Å². The lowest BCUT2D eigenvalue weighted by Crippen LogP contribution is -2.02. The third-order valence-corrected chi connectivity index (χ3v) is 3.81. The van der Waals surface area contributed by atoms with E-state index >= 15 is 0 Å². The van der Waals surface area contributed by atoms with Gasteiger partial charge in [-0.15, -0.1) is 0 Å². The van der Waals surface area contributed by atoms with E-state index in [0.29, 0.717) is 10.9 Å². The molecule has 92 valence electrons. The lowest BCUT2D eigenvalue weighted by atomic mass is 10.2. The average molecular weight is 264 g/mol. The summed E-state index contributed by atoms with van der Waals surface area (Å²) in [5.41, 5.74) is -0.104. The fourth-order valence-corrected chi connectivity index (χ4v) is 2.52. The summed E-state index contributed by atoms with van der Waals surface area (Å²) in [5.74, 6) is 0. The SMILES string of the molecule is C=CS(=O)(=O)c1ccc2ncccc2c1[N+](=O)[O-]. The summed E-state index contributed by atoms with van der Waals surface area (Å²) >= 11 is 0. The maximum absolute atomic E-state index is 11.7. The first-order valence-electron chi connectivity index (χ1n) is 4.87. The molecular weight excluding hydrogens is 256 g/mol. The summed E-state index contributed by atoms with van der Waals surface area (Å²) < 4.78 is 23.5. The Bertz CT molecular complexity index is 753. The van der Waals surface area contributed by atoms with Gasteiger partial charge in [0.1, 0.15) is 4.90 Å². The molecule has 7 heteroatoms. The third-order valence-electron chi connectivity index (χ3n) is 2.43. The van der Waals surface area contributed by atoms with Gasteiger partial charge in [0.25, 0.3) is 5.69 Å². The monoisotopic (exact) mass is 264 g/mol. The van der Waals surface area contributed by atoms with Crippen molar-refractivity contribution in [1.29, 1.82) is 0 Å². The smallest absolute Gasteiger partial charge is 0.258 e. The van der Waals surface area contributed by atoms with Gasteiger partial charge in [0.2, 0.25) is 9.84 Å². The van der Waals surface area contributed by atoms with E-state index in [2.05, 4.69) is 11.6 Å². The second kappa shape index (κ2) is 4.19. The number of hydrogen-bond donors (Lipinski definition) is 0. The molecule has 0 N–H and O–H groups in total. The predicted molar refractivity (Wildman–Crippen MR) is 65.8 cm³/mol. The van der Waals surface area contributed by atoms with Crippen LogP contribution < -0.4 is 0 Å². The van der Waals surface area contributed by atoms with Gasteiger partial charge in [0.05, 0.1) is 15.8 Å².